The van der Waals surface area contributed by atoms with E-state index < -0.39 is 0 Å². The highest BCUT2D eigenvalue weighted by atomic mass is 79.9. The summed E-state index contributed by atoms with van der Waals surface area (Å²) in [5.74, 6) is -0.196. The summed E-state index contributed by atoms with van der Waals surface area (Å²) >= 11 is 3.38. The predicted molar refractivity (Wildman–Crippen MR) is 77.0 cm³/mol. The molecular weight excluding hydrogens is 293 g/mol. The Kier molecular flexibility index (Phi) is 5.39. The summed E-state index contributed by atoms with van der Waals surface area (Å²) < 4.78 is 13.8. The summed E-state index contributed by atoms with van der Waals surface area (Å²) in [4.78, 5) is 0. The molecule has 0 amide bonds. The van der Waals surface area contributed by atoms with E-state index in [1.807, 2.05) is 6.07 Å². The molecule has 0 fully saturated rings. The summed E-state index contributed by atoms with van der Waals surface area (Å²) in [6.07, 6.45) is 8.73. The molecule has 18 heavy (non-hydrogen) atoms. The number of nitrogens with one attached hydrogen (secondary N) is 1. The van der Waals surface area contributed by atoms with E-state index in [2.05, 4.69) is 27.3 Å². The molecule has 1 nitrogen and oxygen atoms in total. The molecule has 0 saturated carbocycles. The minimum absolute atomic E-state index is 0.196. The number of hydrogen-bond acceptors (Lipinski definition) is 1. The molecule has 98 valence electrons. The average molecular weight is 312 g/mol. The van der Waals surface area contributed by atoms with Gasteiger partial charge in [0.15, 0.2) is 0 Å². The largest absolute Gasteiger partial charge is 0.312 e. The number of benzene rings is 1. The van der Waals surface area contributed by atoms with Crippen LogP contribution >= 0.6 is 15.9 Å². The van der Waals surface area contributed by atoms with Gasteiger partial charge < -0.3 is 5.32 Å². The smallest absolute Gasteiger partial charge is 0.124 e. The second kappa shape index (κ2) is 7.05. The first-order chi connectivity index (χ1) is 8.75. The maximum absolute atomic E-state index is 12.9. The van der Waals surface area contributed by atoms with Gasteiger partial charge in [-0.3, -0.25) is 0 Å². The first kappa shape index (κ1) is 13.8. The van der Waals surface area contributed by atoms with Crippen molar-refractivity contribution in [1.29, 1.82) is 0 Å². The zero-order valence-corrected chi connectivity index (χ0v) is 12.1. The maximum Gasteiger partial charge on any atom is 0.124 e. The van der Waals surface area contributed by atoms with E-state index in [1.54, 1.807) is 5.57 Å². The molecule has 0 bridgehead atoms. The van der Waals surface area contributed by atoms with Crippen LogP contribution in [0.4, 0.5) is 4.39 Å². The van der Waals surface area contributed by atoms with Gasteiger partial charge in [-0.15, -0.1) is 0 Å². The molecule has 3 heteroatoms. The summed E-state index contributed by atoms with van der Waals surface area (Å²) in [5, 5.41) is 3.42. The Hall–Kier alpha value is -0.670. The van der Waals surface area contributed by atoms with Gasteiger partial charge in [0.2, 0.25) is 0 Å². The summed E-state index contributed by atoms with van der Waals surface area (Å²) in [6, 6.07) is 4.85. The molecular formula is C15H19BrFN. The lowest BCUT2D eigenvalue weighted by molar-refractivity contribution is 0.619. The molecule has 0 radical (unpaired) electrons. The molecule has 0 aromatic heterocycles. The molecule has 0 unspecified atom stereocenters. The van der Waals surface area contributed by atoms with Crippen molar-refractivity contribution < 1.29 is 4.39 Å². The van der Waals surface area contributed by atoms with Crippen LogP contribution in [-0.4, -0.2) is 6.54 Å². The normalized spacial score (nSPS) is 15.6. The average Bonchev–Trinajstić information content (AvgIpc) is 2.38. The Morgan fingerprint density at radius 3 is 2.89 bits per heavy atom. The van der Waals surface area contributed by atoms with Crippen molar-refractivity contribution in [3.63, 3.8) is 0 Å². The summed E-state index contributed by atoms with van der Waals surface area (Å²) in [7, 11) is 0. The second-order valence-electron chi connectivity index (χ2n) is 4.77. The molecule has 0 atom stereocenters. The molecule has 1 aliphatic carbocycles. The molecule has 1 aromatic rings. The quantitative estimate of drug-likeness (QED) is 0.620. The SMILES string of the molecule is Fc1ccc(CNCCC2=CCCCC2)c(Br)c1. The summed E-state index contributed by atoms with van der Waals surface area (Å²) in [5.41, 5.74) is 2.70. The minimum atomic E-state index is -0.196. The number of halogens is 2. The standard InChI is InChI=1S/C15H19BrFN/c16-15-10-14(17)7-6-13(15)11-18-9-8-12-4-2-1-3-5-12/h4,6-7,10,18H,1-3,5,8-9,11H2. The highest BCUT2D eigenvalue weighted by Gasteiger charge is 2.04. The van der Waals surface area contributed by atoms with Gasteiger partial charge in [-0.05, 0) is 56.3 Å². The summed E-state index contributed by atoms with van der Waals surface area (Å²) in [6.45, 7) is 1.78. The minimum Gasteiger partial charge on any atom is -0.312 e. The second-order valence-corrected chi connectivity index (χ2v) is 5.62. The Bertz CT molecular complexity index is 429. The van der Waals surface area contributed by atoms with Crippen molar-refractivity contribution in [3.8, 4) is 0 Å². The molecule has 0 saturated heterocycles. The first-order valence-electron chi connectivity index (χ1n) is 6.58. The van der Waals surface area contributed by atoms with Gasteiger partial charge >= 0.3 is 0 Å². The fourth-order valence-corrected chi connectivity index (χ4v) is 2.76. The van der Waals surface area contributed by atoms with Gasteiger partial charge in [-0.25, -0.2) is 4.39 Å². The molecule has 1 aromatic carbocycles. The van der Waals surface area contributed by atoms with Gasteiger partial charge in [0.05, 0.1) is 0 Å². The van der Waals surface area contributed by atoms with E-state index >= 15 is 0 Å². The number of allylic oxidation sites excluding steroid dienone is 1. The Balaban J connectivity index is 1.73. The van der Waals surface area contributed by atoms with Crippen LogP contribution in [-0.2, 0) is 6.54 Å². The van der Waals surface area contributed by atoms with E-state index in [0.717, 1.165) is 29.5 Å². The van der Waals surface area contributed by atoms with Gasteiger partial charge in [-0.2, -0.15) is 0 Å². The fourth-order valence-electron chi connectivity index (χ4n) is 2.27. The van der Waals surface area contributed by atoms with Gasteiger partial charge in [0, 0.05) is 11.0 Å². The van der Waals surface area contributed by atoms with Crippen LogP contribution in [0.15, 0.2) is 34.3 Å². The predicted octanol–water partition coefficient (Wildman–Crippen LogP) is 4.57. The zero-order valence-electron chi connectivity index (χ0n) is 10.5. The van der Waals surface area contributed by atoms with Gasteiger partial charge in [0.1, 0.15) is 5.82 Å². The van der Waals surface area contributed by atoms with Crippen LogP contribution in [0.25, 0.3) is 0 Å². The fraction of sp³-hybridized carbons (Fsp3) is 0.467. The van der Waals surface area contributed by atoms with Crippen LogP contribution < -0.4 is 5.32 Å². The lowest BCUT2D eigenvalue weighted by Gasteiger charge is -2.13. The van der Waals surface area contributed by atoms with Crippen molar-refractivity contribution in [3.05, 3.63) is 45.7 Å². The topological polar surface area (TPSA) is 12.0 Å². The van der Waals surface area contributed by atoms with Crippen molar-refractivity contribution >= 4 is 15.9 Å². The maximum atomic E-state index is 12.9. The molecule has 0 heterocycles. The van der Waals surface area contributed by atoms with Crippen LogP contribution in [0.2, 0.25) is 0 Å². The van der Waals surface area contributed by atoms with E-state index in [4.69, 9.17) is 0 Å². The van der Waals surface area contributed by atoms with Crippen molar-refractivity contribution in [2.24, 2.45) is 0 Å². The number of hydrogen-bond donors (Lipinski definition) is 1. The van der Waals surface area contributed by atoms with Gasteiger partial charge in [0.25, 0.3) is 0 Å². The number of rotatable bonds is 5. The van der Waals surface area contributed by atoms with Crippen molar-refractivity contribution in [1.82, 2.24) is 5.32 Å². The molecule has 0 aliphatic heterocycles. The third-order valence-electron chi connectivity index (χ3n) is 3.34. The Labute approximate surface area is 117 Å². The molecule has 1 N–H and O–H groups in total. The molecule has 2 rings (SSSR count). The van der Waals surface area contributed by atoms with E-state index in [1.165, 1.54) is 37.8 Å². The van der Waals surface area contributed by atoms with Crippen molar-refractivity contribution in [2.75, 3.05) is 6.54 Å². The van der Waals surface area contributed by atoms with Crippen LogP contribution in [0.5, 0.6) is 0 Å². The van der Waals surface area contributed by atoms with Crippen molar-refractivity contribution in [2.45, 2.75) is 38.6 Å². The van der Waals surface area contributed by atoms with Gasteiger partial charge in [-0.1, -0.05) is 33.6 Å². The third-order valence-corrected chi connectivity index (χ3v) is 4.08. The van der Waals surface area contributed by atoms with E-state index in [9.17, 15) is 4.39 Å². The monoisotopic (exact) mass is 311 g/mol. The first-order valence-corrected chi connectivity index (χ1v) is 7.37. The lowest BCUT2D eigenvalue weighted by atomic mass is 9.97. The van der Waals surface area contributed by atoms with Crippen LogP contribution in [0.3, 0.4) is 0 Å². The van der Waals surface area contributed by atoms with E-state index in [-0.39, 0.29) is 5.82 Å². The Morgan fingerprint density at radius 2 is 2.17 bits per heavy atom. The Morgan fingerprint density at radius 1 is 1.28 bits per heavy atom. The third kappa shape index (κ3) is 4.21. The van der Waals surface area contributed by atoms with E-state index in [0.29, 0.717) is 0 Å². The highest BCUT2D eigenvalue weighted by molar-refractivity contribution is 9.10. The van der Waals surface area contributed by atoms with Crippen LogP contribution in [0, 0.1) is 5.82 Å². The zero-order chi connectivity index (χ0) is 12.8. The molecule has 1 aliphatic rings. The molecule has 0 spiro atoms. The lowest BCUT2D eigenvalue weighted by Crippen LogP contribution is -2.16. The van der Waals surface area contributed by atoms with Crippen LogP contribution in [0.1, 0.15) is 37.7 Å². The highest BCUT2D eigenvalue weighted by Crippen LogP contribution is 2.20.